The summed E-state index contributed by atoms with van der Waals surface area (Å²) in [6, 6.07) is 6.04. The van der Waals surface area contributed by atoms with E-state index in [4.69, 9.17) is 9.47 Å². The van der Waals surface area contributed by atoms with E-state index in [1.807, 2.05) is 12.1 Å². The zero-order valence-electron chi connectivity index (χ0n) is 19.1. The maximum atomic E-state index is 12.4. The largest absolute Gasteiger partial charge is 0.494 e. The van der Waals surface area contributed by atoms with Gasteiger partial charge in [-0.2, -0.15) is 0 Å². The number of ketones is 1. The molecule has 0 saturated carbocycles. The van der Waals surface area contributed by atoms with Crippen LogP contribution in [0.5, 0.6) is 5.75 Å². The van der Waals surface area contributed by atoms with Gasteiger partial charge in [-0.25, -0.2) is 4.79 Å². The molecule has 0 atom stereocenters. The standard InChI is InChI=1S/C24H31NO5S/c1-7-29-24(28)21-16(5)22(17(6)26)31-23(21)25-20(27)9-8-12-30-18-10-11-19(14(2)3)15(4)13-18/h10-11,13-14H,7-9,12H2,1-6H3,(H,25,27). The number of carbonyl (C=O) groups is 3. The molecule has 0 radical (unpaired) electrons. The molecule has 0 unspecified atom stereocenters. The first-order valence-corrected chi connectivity index (χ1v) is 11.3. The van der Waals surface area contributed by atoms with Gasteiger partial charge in [0.1, 0.15) is 10.8 Å². The maximum absolute atomic E-state index is 12.4. The molecule has 2 rings (SSSR count). The summed E-state index contributed by atoms with van der Waals surface area (Å²) in [4.78, 5) is 37.0. The summed E-state index contributed by atoms with van der Waals surface area (Å²) in [5.41, 5.74) is 3.27. The summed E-state index contributed by atoms with van der Waals surface area (Å²) in [5.74, 6) is 0.314. The van der Waals surface area contributed by atoms with E-state index in [1.165, 1.54) is 18.1 Å². The number of thiophene rings is 1. The topological polar surface area (TPSA) is 81.7 Å². The Morgan fingerprint density at radius 1 is 1.16 bits per heavy atom. The Bertz CT molecular complexity index is 961. The fourth-order valence-corrected chi connectivity index (χ4v) is 4.49. The predicted octanol–water partition coefficient (Wildman–Crippen LogP) is 5.67. The Morgan fingerprint density at radius 2 is 1.87 bits per heavy atom. The lowest BCUT2D eigenvalue weighted by atomic mass is 9.98. The Hall–Kier alpha value is -2.67. The number of esters is 1. The quantitative estimate of drug-likeness (QED) is 0.290. The molecule has 1 aromatic heterocycles. The molecule has 6 nitrogen and oxygen atoms in total. The minimum Gasteiger partial charge on any atom is -0.494 e. The zero-order chi connectivity index (χ0) is 23.1. The smallest absolute Gasteiger partial charge is 0.341 e. The van der Waals surface area contributed by atoms with Gasteiger partial charge in [0.05, 0.1) is 23.7 Å². The molecule has 1 amide bonds. The van der Waals surface area contributed by atoms with Gasteiger partial charge in [0.15, 0.2) is 5.78 Å². The molecular formula is C24H31NO5S. The molecule has 0 aliphatic carbocycles. The summed E-state index contributed by atoms with van der Waals surface area (Å²) in [6.45, 7) is 11.8. The number of Topliss-reactive ketones (excluding diaryl/α,β-unsaturated/α-hetero) is 1. The first-order chi connectivity index (χ1) is 14.6. The van der Waals surface area contributed by atoms with Gasteiger partial charge >= 0.3 is 5.97 Å². The van der Waals surface area contributed by atoms with E-state index in [9.17, 15) is 14.4 Å². The van der Waals surface area contributed by atoms with Crippen LogP contribution < -0.4 is 10.1 Å². The second kappa shape index (κ2) is 11.1. The van der Waals surface area contributed by atoms with Gasteiger partial charge in [0.25, 0.3) is 0 Å². The van der Waals surface area contributed by atoms with Crippen LogP contribution in [-0.4, -0.2) is 30.9 Å². The lowest BCUT2D eigenvalue weighted by Crippen LogP contribution is -2.15. The predicted molar refractivity (Wildman–Crippen MR) is 124 cm³/mol. The van der Waals surface area contributed by atoms with E-state index in [0.29, 0.717) is 34.4 Å². The first-order valence-electron chi connectivity index (χ1n) is 10.5. The molecule has 1 aromatic carbocycles. The highest BCUT2D eigenvalue weighted by molar-refractivity contribution is 7.18. The molecule has 0 aliphatic rings. The van der Waals surface area contributed by atoms with Crippen LogP contribution in [0, 0.1) is 13.8 Å². The highest BCUT2D eigenvalue weighted by Gasteiger charge is 2.25. The van der Waals surface area contributed by atoms with Crippen LogP contribution in [0.4, 0.5) is 5.00 Å². The number of rotatable bonds is 10. The van der Waals surface area contributed by atoms with Gasteiger partial charge in [-0.3, -0.25) is 9.59 Å². The molecule has 1 heterocycles. The maximum Gasteiger partial charge on any atom is 0.341 e. The average Bonchev–Trinajstić information content (AvgIpc) is 3.01. The number of aryl methyl sites for hydroxylation is 1. The van der Waals surface area contributed by atoms with Crippen LogP contribution in [0.3, 0.4) is 0 Å². The Morgan fingerprint density at radius 3 is 2.45 bits per heavy atom. The minimum atomic E-state index is -0.539. The molecular weight excluding hydrogens is 414 g/mol. The Balaban J connectivity index is 1.95. The third-order valence-electron chi connectivity index (χ3n) is 4.88. The first kappa shape index (κ1) is 24.6. The number of amides is 1. The molecule has 0 fully saturated rings. The number of hydrogen-bond acceptors (Lipinski definition) is 6. The van der Waals surface area contributed by atoms with Gasteiger partial charge in [0.2, 0.25) is 5.91 Å². The summed E-state index contributed by atoms with van der Waals surface area (Å²) in [5, 5.41) is 3.12. The fraction of sp³-hybridized carbons (Fsp3) is 0.458. The van der Waals surface area contributed by atoms with Crippen LogP contribution in [0.2, 0.25) is 0 Å². The van der Waals surface area contributed by atoms with Gasteiger partial charge in [-0.05, 0) is 68.9 Å². The number of benzene rings is 1. The average molecular weight is 446 g/mol. The van der Waals surface area contributed by atoms with Crippen LogP contribution in [0.1, 0.15) is 83.2 Å². The summed E-state index contributed by atoms with van der Waals surface area (Å²) < 4.78 is 10.9. The molecule has 0 bridgehead atoms. The van der Waals surface area contributed by atoms with Crippen LogP contribution >= 0.6 is 11.3 Å². The second-order valence-corrected chi connectivity index (χ2v) is 8.73. The molecule has 1 N–H and O–H groups in total. The van der Waals surface area contributed by atoms with E-state index in [-0.39, 0.29) is 30.3 Å². The van der Waals surface area contributed by atoms with Crippen LogP contribution in [-0.2, 0) is 9.53 Å². The third-order valence-corrected chi connectivity index (χ3v) is 6.19. The SMILES string of the molecule is CCOC(=O)c1c(NC(=O)CCCOc2ccc(C(C)C)c(C)c2)sc(C(C)=O)c1C. The molecule has 31 heavy (non-hydrogen) atoms. The summed E-state index contributed by atoms with van der Waals surface area (Å²) in [7, 11) is 0. The van der Waals surface area contributed by atoms with Crippen molar-refractivity contribution in [2.45, 2.75) is 60.3 Å². The molecule has 2 aromatic rings. The zero-order valence-corrected chi connectivity index (χ0v) is 19.9. The van der Waals surface area contributed by atoms with Crippen molar-refractivity contribution in [1.82, 2.24) is 0 Å². The lowest BCUT2D eigenvalue weighted by molar-refractivity contribution is -0.116. The van der Waals surface area contributed by atoms with Gasteiger partial charge in [0, 0.05) is 6.42 Å². The molecule has 7 heteroatoms. The van der Waals surface area contributed by atoms with Crippen LogP contribution in [0.15, 0.2) is 18.2 Å². The molecule has 0 aliphatic heterocycles. The number of ether oxygens (including phenoxy) is 2. The van der Waals surface area contributed by atoms with Gasteiger partial charge < -0.3 is 14.8 Å². The van der Waals surface area contributed by atoms with E-state index in [1.54, 1.807) is 13.8 Å². The molecule has 168 valence electrons. The third kappa shape index (κ3) is 6.40. The molecule has 0 spiro atoms. The normalized spacial score (nSPS) is 10.8. The number of carbonyl (C=O) groups excluding carboxylic acids is 3. The van der Waals surface area contributed by atoms with Gasteiger partial charge in [-0.15, -0.1) is 11.3 Å². The van der Waals surface area contributed by atoms with Crippen LogP contribution in [0.25, 0.3) is 0 Å². The number of anilines is 1. The van der Waals surface area contributed by atoms with Crippen molar-refractivity contribution in [3.63, 3.8) is 0 Å². The number of nitrogens with one attached hydrogen (secondary N) is 1. The summed E-state index contributed by atoms with van der Waals surface area (Å²) in [6.07, 6.45) is 0.757. The van der Waals surface area contributed by atoms with Crippen molar-refractivity contribution in [3.05, 3.63) is 45.3 Å². The van der Waals surface area contributed by atoms with E-state index in [0.717, 1.165) is 17.1 Å². The van der Waals surface area contributed by atoms with Crippen molar-refractivity contribution in [2.24, 2.45) is 0 Å². The van der Waals surface area contributed by atoms with Gasteiger partial charge in [-0.1, -0.05) is 19.9 Å². The highest BCUT2D eigenvalue weighted by Crippen LogP contribution is 2.34. The van der Waals surface area contributed by atoms with Crippen molar-refractivity contribution < 1.29 is 23.9 Å². The molecule has 0 saturated heterocycles. The fourth-order valence-electron chi connectivity index (χ4n) is 3.38. The Kier molecular flexibility index (Phi) is 8.80. The second-order valence-electron chi connectivity index (χ2n) is 7.71. The lowest BCUT2D eigenvalue weighted by Gasteiger charge is -2.12. The van der Waals surface area contributed by atoms with Crippen molar-refractivity contribution in [2.75, 3.05) is 18.5 Å². The Labute approximate surface area is 187 Å². The van der Waals surface area contributed by atoms with E-state index in [2.05, 4.69) is 32.2 Å². The summed E-state index contributed by atoms with van der Waals surface area (Å²) >= 11 is 1.10. The number of hydrogen-bond donors (Lipinski definition) is 1. The van der Waals surface area contributed by atoms with Crippen molar-refractivity contribution in [3.8, 4) is 5.75 Å². The highest BCUT2D eigenvalue weighted by atomic mass is 32.1. The van der Waals surface area contributed by atoms with E-state index < -0.39 is 5.97 Å². The monoisotopic (exact) mass is 445 g/mol. The minimum absolute atomic E-state index is 0.152. The van der Waals surface area contributed by atoms with E-state index >= 15 is 0 Å². The van der Waals surface area contributed by atoms with Crippen molar-refractivity contribution >= 4 is 34.0 Å². The van der Waals surface area contributed by atoms with Crippen molar-refractivity contribution in [1.29, 1.82) is 0 Å².